The Kier molecular flexibility index (Phi) is 5.23. The summed E-state index contributed by atoms with van der Waals surface area (Å²) < 4.78 is 26.9. The number of sulfonamides is 1. The summed E-state index contributed by atoms with van der Waals surface area (Å²) in [6.45, 7) is 4.12. The van der Waals surface area contributed by atoms with Gasteiger partial charge in [-0.3, -0.25) is 0 Å². The first-order valence-corrected chi connectivity index (χ1v) is 8.84. The minimum atomic E-state index is -3.34. The van der Waals surface area contributed by atoms with Crippen molar-refractivity contribution in [2.75, 3.05) is 20.1 Å². The molecule has 0 spiro atoms. The zero-order valence-corrected chi connectivity index (χ0v) is 13.2. The fraction of sp³-hybridized carbons (Fsp3) is 0.714. The summed E-state index contributed by atoms with van der Waals surface area (Å²) in [6, 6.07) is 1.73. The van der Waals surface area contributed by atoms with Crippen molar-refractivity contribution in [1.29, 1.82) is 0 Å². The van der Waals surface area contributed by atoms with Crippen molar-refractivity contribution in [1.82, 2.24) is 14.6 Å². The molecule has 0 aromatic carbocycles. The van der Waals surface area contributed by atoms with Crippen LogP contribution in [0.2, 0.25) is 0 Å². The Morgan fingerprint density at radius 3 is 2.90 bits per heavy atom. The lowest BCUT2D eigenvalue weighted by Gasteiger charge is -2.19. The highest BCUT2D eigenvalue weighted by atomic mass is 32.2. The topological polar surface area (TPSA) is 65.2 Å². The van der Waals surface area contributed by atoms with Gasteiger partial charge in [-0.05, 0) is 38.3 Å². The Balaban J connectivity index is 2.12. The third kappa shape index (κ3) is 3.42. The van der Waals surface area contributed by atoms with Crippen LogP contribution in [-0.2, 0) is 16.6 Å². The predicted octanol–water partition coefficient (Wildman–Crippen LogP) is 1.93. The maximum Gasteiger partial charge on any atom is 0.244 e. The molecule has 0 aliphatic carbocycles. The van der Waals surface area contributed by atoms with Crippen molar-refractivity contribution < 1.29 is 8.42 Å². The lowest BCUT2D eigenvalue weighted by molar-refractivity contribution is 0.407. The van der Waals surface area contributed by atoms with Gasteiger partial charge in [0.15, 0.2) is 0 Å². The molecule has 20 heavy (non-hydrogen) atoms. The molecule has 1 atom stereocenters. The van der Waals surface area contributed by atoms with Crippen LogP contribution in [0.1, 0.15) is 38.3 Å². The van der Waals surface area contributed by atoms with E-state index < -0.39 is 10.0 Å². The van der Waals surface area contributed by atoms with Gasteiger partial charge in [0, 0.05) is 31.5 Å². The first-order valence-electron chi connectivity index (χ1n) is 7.40. The Hall–Kier alpha value is -0.850. The van der Waals surface area contributed by atoms with Crippen molar-refractivity contribution >= 4 is 10.0 Å². The number of nitrogens with zero attached hydrogens (tertiary/aromatic N) is 1. The number of nitrogens with one attached hydrogen (secondary N) is 2. The van der Waals surface area contributed by atoms with Crippen molar-refractivity contribution in [3.05, 3.63) is 18.0 Å². The van der Waals surface area contributed by atoms with E-state index in [0.717, 1.165) is 31.4 Å². The van der Waals surface area contributed by atoms with Crippen LogP contribution in [0.4, 0.5) is 0 Å². The molecule has 2 heterocycles. The van der Waals surface area contributed by atoms with Gasteiger partial charge >= 0.3 is 0 Å². The lowest BCUT2D eigenvalue weighted by atomic mass is 9.98. The van der Waals surface area contributed by atoms with Crippen LogP contribution in [-0.4, -0.2) is 37.8 Å². The maximum atomic E-state index is 12.6. The second-order valence-electron chi connectivity index (χ2n) is 5.50. The van der Waals surface area contributed by atoms with Crippen molar-refractivity contribution in [2.45, 2.75) is 44.0 Å². The normalized spacial score (nSPS) is 21.8. The summed E-state index contributed by atoms with van der Waals surface area (Å²) in [5.41, 5.74) is 0.896. The largest absolute Gasteiger partial charge is 0.363 e. The van der Waals surface area contributed by atoms with Gasteiger partial charge in [-0.1, -0.05) is 13.3 Å². The van der Waals surface area contributed by atoms with E-state index >= 15 is 0 Å². The highest BCUT2D eigenvalue weighted by molar-refractivity contribution is 7.89. The van der Waals surface area contributed by atoms with Crippen LogP contribution in [0.25, 0.3) is 0 Å². The molecule has 1 fully saturated rings. The number of rotatable bonds is 5. The van der Waals surface area contributed by atoms with Crippen LogP contribution in [0.5, 0.6) is 0 Å². The molecule has 2 N–H and O–H groups in total. The molecule has 1 aliphatic heterocycles. The van der Waals surface area contributed by atoms with Crippen LogP contribution >= 0.6 is 0 Å². The minimum Gasteiger partial charge on any atom is -0.363 e. The third-order valence-electron chi connectivity index (χ3n) is 4.11. The Morgan fingerprint density at radius 1 is 1.40 bits per heavy atom. The van der Waals surface area contributed by atoms with Crippen LogP contribution in [0, 0.1) is 5.92 Å². The molecule has 0 radical (unpaired) electrons. The molecule has 1 aliphatic rings. The van der Waals surface area contributed by atoms with Crippen LogP contribution < -0.4 is 5.32 Å². The Morgan fingerprint density at radius 2 is 2.20 bits per heavy atom. The van der Waals surface area contributed by atoms with Gasteiger partial charge in [0.2, 0.25) is 10.0 Å². The zero-order chi connectivity index (χ0) is 14.6. The van der Waals surface area contributed by atoms with Gasteiger partial charge < -0.3 is 10.3 Å². The summed E-state index contributed by atoms with van der Waals surface area (Å²) in [5, 5.41) is 3.01. The van der Waals surface area contributed by atoms with E-state index in [4.69, 9.17) is 0 Å². The summed E-state index contributed by atoms with van der Waals surface area (Å²) in [4.78, 5) is 3.41. The van der Waals surface area contributed by atoms with Gasteiger partial charge in [-0.2, -0.15) is 4.31 Å². The molecule has 5 nitrogen and oxygen atoms in total. The standard InChI is InChI=1S/C14H25N3O2S/c1-3-12-5-4-7-17(8-6-12)20(18,19)14-9-13(10-15-2)16-11-14/h9,11-12,15-16H,3-8,10H2,1-2H3. The number of hydrogen-bond donors (Lipinski definition) is 2. The van der Waals surface area contributed by atoms with Crippen molar-refractivity contribution in [2.24, 2.45) is 5.92 Å². The second kappa shape index (κ2) is 6.74. The maximum absolute atomic E-state index is 12.6. The molecule has 0 bridgehead atoms. The number of hydrogen-bond acceptors (Lipinski definition) is 3. The number of aromatic amines is 1. The van der Waals surface area contributed by atoms with E-state index in [9.17, 15) is 8.42 Å². The number of H-pyrrole nitrogens is 1. The first-order chi connectivity index (χ1) is 9.57. The van der Waals surface area contributed by atoms with Gasteiger partial charge in [0.1, 0.15) is 0 Å². The fourth-order valence-corrected chi connectivity index (χ4v) is 4.31. The van der Waals surface area contributed by atoms with E-state index in [1.807, 2.05) is 7.05 Å². The zero-order valence-electron chi connectivity index (χ0n) is 12.4. The smallest absolute Gasteiger partial charge is 0.244 e. The second-order valence-corrected chi connectivity index (χ2v) is 7.44. The molecule has 1 unspecified atom stereocenters. The highest BCUT2D eigenvalue weighted by Gasteiger charge is 2.27. The Labute approximate surface area is 121 Å². The van der Waals surface area contributed by atoms with Crippen LogP contribution in [0.3, 0.4) is 0 Å². The summed E-state index contributed by atoms with van der Waals surface area (Å²) in [7, 11) is -1.50. The predicted molar refractivity (Wildman–Crippen MR) is 79.9 cm³/mol. The molecule has 6 heteroatoms. The van der Waals surface area contributed by atoms with Crippen molar-refractivity contribution in [3.8, 4) is 0 Å². The minimum absolute atomic E-state index is 0.387. The molecule has 0 saturated carbocycles. The van der Waals surface area contributed by atoms with Gasteiger partial charge in [0.05, 0.1) is 4.90 Å². The van der Waals surface area contributed by atoms with E-state index in [-0.39, 0.29) is 0 Å². The summed E-state index contributed by atoms with van der Waals surface area (Å²) in [5.74, 6) is 0.668. The molecular formula is C14H25N3O2S. The van der Waals surface area contributed by atoms with Gasteiger partial charge in [-0.25, -0.2) is 8.42 Å². The van der Waals surface area contributed by atoms with Gasteiger partial charge in [-0.15, -0.1) is 0 Å². The van der Waals surface area contributed by atoms with Crippen molar-refractivity contribution in [3.63, 3.8) is 0 Å². The fourth-order valence-electron chi connectivity index (χ4n) is 2.80. The average molecular weight is 299 g/mol. The molecule has 1 aromatic rings. The van der Waals surface area contributed by atoms with E-state index in [2.05, 4.69) is 17.2 Å². The molecular weight excluding hydrogens is 274 g/mol. The molecule has 1 aromatic heterocycles. The molecule has 1 saturated heterocycles. The molecule has 114 valence electrons. The van der Waals surface area contributed by atoms with E-state index in [0.29, 0.717) is 30.4 Å². The monoisotopic (exact) mass is 299 g/mol. The summed E-state index contributed by atoms with van der Waals surface area (Å²) >= 11 is 0. The molecule has 0 amide bonds. The third-order valence-corrected chi connectivity index (χ3v) is 5.98. The summed E-state index contributed by atoms with van der Waals surface area (Å²) in [6.07, 6.45) is 5.82. The SMILES string of the molecule is CCC1CCCN(S(=O)(=O)c2c[nH]c(CNC)c2)CC1. The average Bonchev–Trinajstić information content (AvgIpc) is 2.76. The van der Waals surface area contributed by atoms with Gasteiger partial charge in [0.25, 0.3) is 0 Å². The highest BCUT2D eigenvalue weighted by Crippen LogP contribution is 2.25. The Bertz CT molecular complexity index is 524. The quantitative estimate of drug-likeness (QED) is 0.873. The van der Waals surface area contributed by atoms with Crippen LogP contribution in [0.15, 0.2) is 17.2 Å². The molecule has 2 rings (SSSR count). The van der Waals surface area contributed by atoms with E-state index in [1.54, 1.807) is 16.6 Å². The lowest BCUT2D eigenvalue weighted by Crippen LogP contribution is -2.31. The first kappa shape index (κ1) is 15.5. The number of aromatic nitrogens is 1. The van der Waals surface area contributed by atoms with E-state index in [1.165, 1.54) is 0 Å².